The smallest absolute Gasteiger partial charge is 0.138 e. The third-order valence-corrected chi connectivity index (χ3v) is 6.32. The number of hydrogen-bond donors (Lipinski definition) is 1. The number of fused-ring (bicyclic) bond motifs is 1. The Balaban J connectivity index is 1.45. The molecule has 30 heavy (non-hydrogen) atoms. The van der Waals surface area contributed by atoms with Crippen LogP contribution in [0.15, 0.2) is 42.7 Å². The second-order valence-corrected chi connectivity index (χ2v) is 8.49. The Bertz CT molecular complexity index is 1070. The van der Waals surface area contributed by atoms with Crippen LogP contribution in [0.1, 0.15) is 41.9 Å². The van der Waals surface area contributed by atoms with Crippen LogP contribution in [0.2, 0.25) is 0 Å². The van der Waals surface area contributed by atoms with Gasteiger partial charge in [0, 0.05) is 51.4 Å². The van der Waals surface area contributed by atoms with E-state index in [-0.39, 0.29) is 17.9 Å². The fourth-order valence-electron chi connectivity index (χ4n) is 4.60. The summed E-state index contributed by atoms with van der Waals surface area (Å²) in [6.07, 6.45) is 4.84. The summed E-state index contributed by atoms with van der Waals surface area (Å²) >= 11 is 0. The average Bonchev–Trinajstić information content (AvgIpc) is 3.19. The van der Waals surface area contributed by atoms with Crippen LogP contribution >= 0.6 is 0 Å². The maximum Gasteiger partial charge on any atom is 0.138 e. The summed E-state index contributed by atoms with van der Waals surface area (Å²) in [5, 5.41) is 3.64. The number of imidazole rings is 1. The highest BCUT2D eigenvalue weighted by Gasteiger charge is 2.31. The highest BCUT2D eigenvalue weighted by atomic mass is 16.1. The predicted molar refractivity (Wildman–Crippen MR) is 117 cm³/mol. The summed E-state index contributed by atoms with van der Waals surface area (Å²) in [6, 6.07) is 10.1. The third kappa shape index (κ3) is 3.59. The van der Waals surface area contributed by atoms with Crippen LogP contribution in [0.25, 0.3) is 5.65 Å². The molecule has 2 unspecified atom stereocenters. The van der Waals surface area contributed by atoms with Crippen LogP contribution < -0.4 is 10.2 Å². The van der Waals surface area contributed by atoms with Crippen molar-refractivity contribution in [1.29, 1.82) is 0 Å². The number of rotatable bonds is 3. The van der Waals surface area contributed by atoms with Gasteiger partial charge in [-0.1, -0.05) is 12.1 Å². The molecule has 5 heterocycles. The Morgan fingerprint density at radius 1 is 1.03 bits per heavy atom. The normalized spacial score (nSPS) is 23.3. The van der Waals surface area contributed by atoms with E-state index in [0.717, 1.165) is 48.8 Å². The van der Waals surface area contributed by atoms with Gasteiger partial charge in [0.15, 0.2) is 0 Å². The third-order valence-electron chi connectivity index (χ3n) is 6.32. The molecule has 2 fully saturated rings. The number of pyridine rings is 2. The summed E-state index contributed by atoms with van der Waals surface area (Å²) in [6.45, 7) is 6.17. The van der Waals surface area contributed by atoms with Crippen LogP contribution in [-0.4, -0.2) is 58.3 Å². The quantitative estimate of drug-likeness (QED) is 0.724. The molecular weight excluding hydrogens is 376 g/mol. The van der Waals surface area contributed by atoms with E-state index in [1.54, 1.807) is 6.20 Å². The fraction of sp³-hybridized carbons (Fsp3) is 0.435. The number of piperazine rings is 1. The molecule has 0 amide bonds. The number of aromatic nitrogens is 3. The molecule has 1 N–H and O–H groups in total. The van der Waals surface area contributed by atoms with Gasteiger partial charge in [0.25, 0.3) is 0 Å². The first-order valence-corrected chi connectivity index (χ1v) is 10.7. The largest absolute Gasteiger partial charge is 0.355 e. The predicted octanol–water partition coefficient (Wildman–Crippen LogP) is 2.52. The van der Waals surface area contributed by atoms with Crippen molar-refractivity contribution in [2.45, 2.75) is 31.8 Å². The lowest BCUT2D eigenvalue weighted by atomic mass is 9.92. The second kappa shape index (κ2) is 7.81. The van der Waals surface area contributed by atoms with E-state index in [2.05, 4.69) is 49.9 Å². The maximum absolute atomic E-state index is 12.6. The van der Waals surface area contributed by atoms with Gasteiger partial charge in [0.05, 0.1) is 23.5 Å². The fourth-order valence-corrected chi connectivity index (χ4v) is 4.60. The molecular formula is C23H28N6O. The van der Waals surface area contributed by atoms with Crippen molar-refractivity contribution in [3.8, 4) is 0 Å². The van der Waals surface area contributed by atoms with Gasteiger partial charge in [0.1, 0.15) is 17.2 Å². The van der Waals surface area contributed by atoms with Crippen LogP contribution in [-0.2, 0) is 4.79 Å². The Morgan fingerprint density at radius 2 is 1.83 bits per heavy atom. The van der Waals surface area contributed by atoms with Crippen LogP contribution in [0, 0.1) is 6.92 Å². The number of piperidine rings is 1. The number of likely N-dealkylation sites (N-methyl/N-ethyl adjacent to an activating group) is 1. The van der Waals surface area contributed by atoms with Crippen LogP contribution in [0.5, 0.6) is 0 Å². The highest BCUT2D eigenvalue weighted by Crippen LogP contribution is 2.32. The lowest BCUT2D eigenvalue weighted by Crippen LogP contribution is -2.45. The van der Waals surface area contributed by atoms with Crippen molar-refractivity contribution >= 4 is 17.2 Å². The molecule has 2 atom stereocenters. The maximum atomic E-state index is 12.6. The molecule has 7 heteroatoms. The van der Waals surface area contributed by atoms with E-state index in [0.29, 0.717) is 12.8 Å². The average molecular weight is 405 g/mol. The molecule has 0 spiro atoms. The molecule has 156 valence electrons. The van der Waals surface area contributed by atoms with Gasteiger partial charge < -0.3 is 9.80 Å². The first-order valence-electron chi connectivity index (χ1n) is 10.7. The van der Waals surface area contributed by atoms with E-state index in [1.165, 1.54) is 5.82 Å². The van der Waals surface area contributed by atoms with E-state index < -0.39 is 0 Å². The molecule has 3 aromatic heterocycles. The minimum Gasteiger partial charge on any atom is -0.355 e. The van der Waals surface area contributed by atoms with Gasteiger partial charge in [0.2, 0.25) is 0 Å². The summed E-state index contributed by atoms with van der Waals surface area (Å²) in [5.41, 5.74) is 3.91. The SMILES string of the molecule is Cc1cccnc1C1CC(=O)CC(c2cn3c(N4CCN(C)CC4)cccc3n2)N1. The van der Waals surface area contributed by atoms with Crippen LogP contribution in [0.4, 0.5) is 5.82 Å². The number of nitrogens with zero attached hydrogens (tertiary/aromatic N) is 5. The van der Waals surface area contributed by atoms with Crippen molar-refractivity contribution in [2.24, 2.45) is 0 Å². The van der Waals surface area contributed by atoms with Crippen molar-refractivity contribution in [3.63, 3.8) is 0 Å². The number of Topliss-reactive ketones (excluding diaryl/α,β-unsaturated/α-hetero) is 1. The Hall–Kier alpha value is -2.77. The van der Waals surface area contributed by atoms with Crippen molar-refractivity contribution in [1.82, 2.24) is 24.6 Å². The number of carbonyl (C=O) groups is 1. The van der Waals surface area contributed by atoms with Crippen molar-refractivity contribution in [2.75, 3.05) is 38.1 Å². The first-order chi connectivity index (χ1) is 14.6. The topological polar surface area (TPSA) is 65.8 Å². The molecule has 2 aliphatic rings. The van der Waals surface area contributed by atoms with Gasteiger partial charge in [-0.3, -0.25) is 19.5 Å². The lowest BCUT2D eigenvalue weighted by molar-refractivity contribution is -0.121. The van der Waals surface area contributed by atoms with Crippen LogP contribution in [0.3, 0.4) is 0 Å². The summed E-state index contributed by atoms with van der Waals surface area (Å²) in [4.78, 5) is 26.8. The van der Waals surface area contributed by atoms with E-state index in [4.69, 9.17) is 4.98 Å². The van der Waals surface area contributed by atoms with Crippen molar-refractivity contribution < 1.29 is 4.79 Å². The molecule has 2 aliphatic heterocycles. The Labute approximate surface area is 176 Å². The molecule has 0 bridgehead atoms. The summed E-state index contributed by atoms with van der Waals surface area (Å²) in [7, 11) is 2.17. The first kappa shape index (κ1) is 19.2. The summed E-state index contributed by atoms with van der Waals surface area (Å²) in [5.74, 6) is 1.42. The Kier molecular flexibility index (Phi) is 5.00. The Morgan fingerprint density at radius 3 is 2.63 bits per heavy atom. The van der Waals surface area contributed by atoms with Gasteiger partial charge >= 0.3 is 0 Å². The monoisotopic (exact) mass is 404 g/mol. The molecule has 0 aliphatic carbocycles. The van der Waals surface area contributed by atoms with Gasteiger partial charge in [-0.05, 0) is 37.7 Å². The molecule has 5 rings (SSSR count). The highest BCUT2D eigenvalue weighted by molar-refractivity contribution is 5.81. The number of ketones is 1. The molecule has 7 nitrogen and oxygen atoms in total. The van der Waals surface area contributed by atoms with E-state index in [1.807, 2.05) is 25.1 Å². The number of carbonyl (C=O) groups excluding carboxylic acids is 1. The zero-order valence-electron chi connectivity index (χ0n) is 17.6. The second-order valence-electron chi connectivity index (χ2n) is 8.49. The molecule has 0 saturated carbocycles. The lowest BCUT2D eigenvalue weighted by Gasteiger charge is -2.34. The minimum atomic E-state index is -0.0992. The number of nitrogens with one attached hydrogen (secondary N) is 1. The van der Waals surface area contributed by atoms with Gasteiger partial charge in [-0.15, -0.1) is 0 Å². The molecule has 2 saturated heterocycles. The standard InChI is InChI=1S/C23H28N6O/c1-16-5-4-8-24-23(16)19-14-17(30)13-18(25-19)20-15-29-21(26-20)6-3-7-22(29)28-11-9-27(2)10-12-28/h3-8,15,18-19,25H,9-14H2,1-2H3. The minimum absolute atomic E-state index is 0.0700. The van der Waals surface area contributed by atoms with E-state index in [9.17, 15) is 4.79 Å². The van der Waals surface area contributed by atoms with E-state index >= 15 is 0 Å². The summed E-state index contributed by atoms with van der Waals surface area (Å²) < 4.78 is 2.17. The zero-order chi connectivity index (χ0) is 20.7. The van der Waals surface area contributed by atoms with Crippen molar-refractivity contribution in [3.05, 3.63) is 59.7 Å². The molecule has 3 aromatic rings. The number of hydrogen-bond acceptors (Lipinski definition) is 6. The number of aryl methyl sites for hydroxylation is 1. The molecule has 0 aromatic carbocycles. The number of anilines is 1. The zero-order valence-corrected chi connectivity index (χ0v) is 17.6. The van der Waals surface area contributed by atoms with Gasteiger partial charge in [-0.25, -0.2) is 4.98 Å². The van der Waals surface area contributed by atoms with Gasteiger partial charge in [-0.2, -0.15) is 0 Å². The molecule has 0 radical (unpaired) electrons.